The summed E-state index contributed by atoms with van der Waals surface area (Å²) in [6, 6.07) is 0. The Morgan fingerprint density at radius 3 is 3.18 bits per heavy atom. The van der Waals surface area contributed by atoms with Gasteiger partial charge in [0.05, 0.1) is 12.1 Å². The van der Waals surface area contributed by atoms with Gasteiger partial charge in [0.1, 0.15) is 0 Å². The number of hydrogen-bond acceptors (Lipinski definition) is 3. The summed E-state index contributed by atoms with van der Waals surface area (Å²) < 4.78 is 5.44. The molecule has 2 atom stereocenters. The summed E-state index contributed by atoms with van der Waals surface area (Å²) in [5.74, 6) is 0. The minimum absolute atomic E-state index is 0.347. The van der Waals surface area contributed by atoms with E-state index in [2.05, 4.69) is 11.6 Å². The highest BCUT2D eigenvalue weighted by Gasteiger charge is 2.44. The summed E-state index contributed by atoms with van der Waals surface area (Å²) in [5.41, 5.74) is 0.347. The molecular weight excluding hydrogens is 158 g/mol. The van der Waals surface area contributed by atoms with Crippen molar-refractivity contribution in [3.63, 3.8) is 0 Å². The molecule has 1 spiro atoms. The van der Waals surface area contributed by atoms with Gasteiger partial charge in [-0.05, 0) is 25.6 Å². The maximum Gasteiger partial charge on any atom is 0.0660 e. The first kappa shape index (κ1) is 7.90. The smallest absolute Gasteiger partial charge is 0.0660 e. The van der Waals surface area contributed by atoms with Crippen LogP contribution in [0.1, 0.15) is 12.8 Å². The molecule has 2 rings (SSSR count). The molecule has 0 saturated carbocycles. The maximum absolute atomic E-state index is 5.44. The van der Waals surface area contributed by atoms with Gasteiger partial charge in [0.15, 0.2) is 0 Å². The lowest BCUT2D eigenvalue weighted by Gasteiger charge is -2.28. The predicted molar refractivity (Wildman–Crippen MR) is 48.1 cm³/mol. The van der Waals surface area contributed by atoms with Crippen LogP contribution in [0.4, 0.5) is 0 Å². The van der Waals surface area contributed by atoms with E-state index in [-0.39, 0.29) is 0 Å². The maximum atomic E-state index is 5.44. The second-order valence-corrected chi connectivity index (χ2v) is 4.44. The van der Waals surface area contributed by atoms with Gasteiger partial charge < -0.3 is 10.1 Å². The third kappa shape index (κ3) is 1.19. The number of rotatable bonds is 1. The molecule has 0 bridgehead atoms. The highest BCUT2D eigenvalue weighted by atomic mass is 32.2. The Morgan fingerprint density at radius 1 is 1.64 bits per heavy atom. The number of ether oxygens (including phenoxy) is 1. The monoisotopic (exact) mass is 173 g/mol. The molecule has 0 aromatic rings. The Morgan fingerprint density at radius 2 is 2.55 bits per heavy atom. The molecule has 2 nitrogen and oxygen atoms in total. The summed E-state index contributed by atoms with van der Waals surface area (Å²) in [6.45, 7) is 3.05. The third-order valence-corrected chi connectivity index (χ3v) is 4.09. The van der Waals surface area contributed by atoms with Crippen LogP contribution in [0.3, 0.4) is 0 Å². The Labute approximate surface area is 72.1 Å². The molecule has 0 amide bonds. The zero-order chi connectivity index (χ0) is 7.73. The number of hydrogen-bond donors (Lipinski definition) is 1. The van der Waals surface area contributed by atoms with Crippen LogP contribution in [-0.2, 0) is 4.74 Å². The van der Waals surface area contributed by atoms with Crippen molar-refractivity contribution in [2.24, 2.45) is 0 Å². The normalized spacial score (nSPS) is 43.9. The van der Waals surface area contributed by atoms with Gasteiger partial charge in [-0.3, -0.25) is 0 Å². The molecule has 0 aromatic carbocycles. The van der Waals surface area contributed by atoms with Crippen LogP contribution in [0.15, 0.2) is 0 Å². The van der Waals surface area contributed by atoms with Crippen LogP contribution < -0.4 is 5.32 Å². The van der Waals surface area contributed by atoms with Crippen molar-refractivity contribution < 1.29 is 4.74 Å². The Kier molecular flexibility index (Phi) is 2.12. The fourth-order valence-corrected chi connectivity index (χ4v) is 3.23. The Hall–Kier alpha value is 0.270. The fraction of sp³-hybridized carbons (Fsp3) is 1.00. The zero-order valence-electron chi connectivity index (χ0n) is 6.93. The zero-order valence-corrected chi connectivity index (χ0v) is 7.75. The second-order valence-electron chi connectivity index (χ2n) is 3.40. The van der Waals surface area contributed by atoms with Gasteiger partial charge in [0, 0.05) is 11.9 Å². The molecule has 2 aliphatic heterocycles. The molecule has 0 aliphatic carbocycles. The van der Waals surface area contributed by atoms with Gasteiger partial charge in [0.25, 0.3) is 0 Å². The van der Waals surface area contributed by atoms with E-state index in [0.29, 0.717) is 5.54 Å². The Bertz CT molecular complexity index is 140. The minimum atomic E-state index is 0.347. The topological polar surface area (TPSA) is 21.3 Å². The lowest BCUT2D eigenvalue weighted by atomic mass is 9.96. The van der Waals surface area contributed by atoms with Crippen molar-refractivity contribution in [3.05, 3.63) is 0 Å². The lowest BCUT2D eigenvalue weighted by molar-refractivity contribution is 0.174. The van der Waals surface area contributed by atoms with E-state index in [1.165, 1.54) is 19.4 Å². The SMILES string of the molecule is CS[C@@H]1CCN[C@]12CCOC2. The summed E-state index contributed by atoms with van der Waals surface area (Å²) in [7, 11) is 0. The molecule has 0 radical (unpaired) electrons. The molecule has 0 aromatic heterocycles. The van der Waals surface area contributed by atoms with Crippen LogP contribution >= 0.6 is 11.8 Å². The standard InChI is InChI=1S/C8H15NOS/c1-11-7-2-4-9-8(7)3-5-10-6-8/h7,9H,2-6H2,1H3/t7-,8+/m1/s1. The predicted octanol–water partition coefficient (Wildman–Crippen LogP) is 0.870. The number of thioether (sulfide) groups is 1. The van der Waals surface area contributed by atoms with Gasteiger partial charge in [-0.25, -0.2) is 0 Å². The quantitative estimate of drug-likeness (QED) is 0.636. The van der Waals surface area contributed by atoms with Crippen molar-refractivity contribution >= 4 is 11.8 Å². The van der Waals surface area contributed by atoms with Crippen LogP contribution in [0.2, 0.25) is 0 Å². The molecule has 2 fully saturated rings. The molecule has 2 saturated heterocycles. The summed E-state index contributed by atoms with van der Waals surface area (Å²) in [4.78, 5) is 0. The molecule has 3 heteroatoms. The van der Waals surface area contributed by atoms with Crippen molar-refractivity contribution in [1.29, 1.82) is 0 Å². The Balaban J connectivity index is 2.09. The average Bonchev–Trinajstić information content (AvgIpc) is 2.62. The van der Waals surface area contributed by atoms with Gasteiger partial charge in [0.2, 0.25) is 0 Å². The average molecular weight is 173 g/mol. The van der Waals surface area contributed by atoms with Gasteiger partial charge in [-0.1, -0.05) is 0 Å². The largest absolute Gasteiger partial charge is 0.379 e. The first-order valence-electron chi connectivity index (χ1n) is 4.23. The first-order chi connectivity index (χ1) is 5.37. The van der Waals surface area contributed by atoms with Crippen LogP contribution in [-0.4, -0.2) is 36.8 Å². The highest BCUT2D eigenvalue weighted by Crippen LogP contribution is 2.35. The van der Waals surface area contributed by atoms with E-state index in [4.69, 9.17) is 4.74 Å². The van der Waals surface area contributed by atoms with Gasteiger partial charge in [-0.2, -0.15) is 11.8 Å². The van der Waals surface area contributed by atoms with E-state index in [1.807, 2.05) is 11.8 Å². The second kappa shape index (κ2) is 2.96. The molecule has 1 N–H and O–H groups in total. The van der Waals surface area contributed by atoms with E-state index in [0.717, 1.165) is 18.5 Å². The van der Waals surface area contributed by atoms with E-state index in [1.54, 1.807) is 0 Å². The van der Waals surface area contributed by atoms with Gasteiger partial charge in [-0.15, -0.1) is 0 Å². The highest BCUT2D eigenvalue weighted by molar-refractivity contribution is 7.99. The minimum Gasteiger partial charge on any atom is -0.379 e. The third-order valence-electron chi connectivity index (χ3n) is 2.84. The first-order valence-corrected chi connectivity index (χ1v) is 5.52. The van der Waals surface area contributed by atoms with Crippen LogP contribution in [0, 0.1) is 0 Å². The number of nitrogens with one attached hydrogen (secondary N) is 1. The van der Waals surface area contributed by atoms with Crippen molar-refractivity contribution in [1.82, 2.24) is 5.32 Å². The molecule has 64 valence electrons. The molecule has 11 heavy (non-hydrogen) atoms. The van der Waals surface area contributed by atoms with Crippen molar-refractivity contribution in [2.75, 3.05) is 26.0 Å². The van der Waals surface area contributed by atoms with E-state index in [9.17, 15) is 0 Å². The van der Waals surface area contributed by atoms with Gasteiger partial charge >= 0.3 is 0 Å². The van der Waals surface area contributed by atoms with E-state index < -0.39 is 0 Å². The molecule has 2 aliphatic rings. The summed E-state index contributed by atoms with van der Waals surface area (Å²) >= 11 is 1.99. The lowest BCUT2D eigenvalue weighted by Crippen LogP contribution is -2.46. The van der Waals surface area contributed by atoms with Crippen molar-refractivity contribution in [3.8, 4) is 0 Å². The van der Waals surface area contributed by atoms with Crippen LogP contribution in [0.25, 0.3) is 0 Å². The molecule has 0 unspecified atom stereocenters. The fourth-order valence-electron chi connectivity index (χ4n) is 2.16. The molecular formula is C8H15NOS. The molecule has 2 heterocycles. The summed E-state index contributed by atoms with van der Waals surface area (Å²) in [6.07, 6.45) is 4.72. The van der Waals surface area contributed by atoms with E-state index >= 15 is 0 Å². The van der Waals surface area contributed by atoms with Crippen LogP contribution in [0.5, 0.6) is 0 Å². The summed E-state index contributed by atoms with van der Waals surface area (Å²) in [5, 5.41) is 4.37. The van der Waals surface area contributed by atoms with Crippen molar-refractivity contribution in [2.45, 2.75) is 23.6 Å².